The Morgan fingerprint density at radius 1 is 1.40 bits per heavy atom. The topological polar surface area (TPSA) is 46.6 Å². The van der Waals surface area contributed by atoms with E-state index in [-0.39, 0.29) is 0 Å². The molecule has 0 spiro atoms. The fourth-order valence-electron chi connectivity index (χ4n) is 2.37. The van der Waals surface area contributed by atoms with Crippen LogP contribution in [0.2, 0.25) is 0 Å². The van der Waals surface area contributed by atoms with E-state index in [0.717, 1.165) is 19.4 Å². The summed E-state index contributed by atoms with van der Waals surface area (Å²) in [6.07, 6.45) is 1.74. The molecule has 1 saturated heterocycles. The number of hydrogen-bond acceptors (Lipinski definition) is 3. The van der Waals surface area contributed by atoms with Gasteiger partial charge in [-0.3, -0.25) is 0 Å². The highest BCUT2D eigenvalue weighted by Crippen LogP contribution is 2.26. The smallest absolute Gasteiger partial charge is 0.244 e. The first-order valence-corrected chi connectivity index (χ1v) is 9.11. The monoisotopic (exact) mass is 361 g/mol. The minimum atomic E-state index is -3.45. The third kappa shape index (κ3) is 3.61. The highest BCUT2D eigenvalue weighted by Gasteiger charge is 2.29. The maximum absolute atomic E-state index is 12.8. The van der Waals surface area contributed by atoms with Crippen molar-refractivity contribution in [2.75, 3.05) is 26.3 Å². The first kappa shape index (κ1) is 15.9. The van der Waals surface area contributed by atoms with Crippen molar-refractivity contribution in [2.45, 2.75) is 24.7 Å². The molecule has 20 heavy (non-hydrogen) atoms. The molecule has 0 N–H and O–H groups in total. The Labute approximate surface area is 129 Å². The van der Waals surface area contributed by atoms with E-state index >= 15 is 0 Å². The molecule has 0 aliphatic carbocycles. The second-order valence-electron chi connectivity index (χ2n) is 5.02. The van der Waals surface area contributed by atoms with Gasteiger partial charge in [0.15, 0.2) is 0 Å². The zero-order valence-corrected chi connectivity index (χ0v) is 14.0. The highest BCUT2D eigenvalue weighted by atomic mass is 79.9. The maximum atomic E-state index is 12.8. The van der Waals surface area contributed by atoms with Crippen molar-refractivity contribution in [3.8, 4) is 0 Å². The molecule has 0 radical (unpaired) electrons. The molecular formula is C14H20BrNO3S. The minimum Gasteiger partial charge on any atom is -0.381 e. The van der Waals surface area contributed by atoms with Crippen molar-refractivity contribution in [1.29, 1.82) is 0 Å². The average molecular weight is 362 g/mol. The summed E-state index contributed by atoms with van der Waals surface area (Å²) in [5, 5.41) is 0. The molecule has 4 nitrogen and oxygen atoms in total. The third-order valence-corrected chi connectivity index (χ3v) is 6.29. The van der Waals surface area contributed by atoms with Crippen LogP contribution in [-0.2, 0) is 14.8 Å². The van der Waals surface area contributed by atoms with Crippen LogP contribution in [-0.4, -0.2) is 39.0 Å². The molecule has 0 bridgehead atoms. The number of rotatable bonds is 6. The molecule has 112 valence electrons. The van der Waals surface area contributed by atoms with Crippen LogP contribution in [0, 0.1) is 5.92 Å². The van der Waals surface area contributed by atoms with E-state index in [1.54, 1.807) is 22.5 Å². The van der Waals surface area contributed by atoms with Crippen LogP contribution in [0.25, 0.3) is 0 Å². The first-order valence-electron chi connectivity index (χ1n) is 6.88. The standard InChI is InChI=1S/C14H20BrNO3S/c1-2-8-16(10-12-7-9-19-11-12)20(17,18)14-6-4-3-5-13(14)15/h3-6,12H,2,7-11H2,1H3. The molecule has 1 atom stereocenters. The van der Waals surface area contributed by atoms with Gasteiger partial charge in [-0.15, -0.1) is 0 Å². The Kier molecular flexibility index (Phi) is 5.60. The van der Waals surface area contributed by atoms with E-state index in [0.29, 0.717) is 35.0 Å². The number of benzene rings is 1. The van der Waals surface area contributed by atoms with Crippen LogP contribution in [0.15, 0.2) is 33.6 Å². The van der Waals surface area contributed by atoms with Gasteiger partial charge >= 0.3 is 0 Å². The normalized spacial score (nSPS) is 19.6. The average Bonchev–Trinajstić information content (AvgIpc) is 2.91. The van der Waals surface area contributed by atoms with E-state index in [2.05, 4.69) is 15.9 Å². The largest absolute Gasteiger partial charge is 0.381 e. The van der Waals surface area contributed by atoms with E-state index in [1.165, 1.54) is 0 Å². The number of nitrogens with zero attached hydrogens (tertiary/aromatic N) is 1. The number of ether oxygens (including phenoxy) is 1. The molecular weight excluding hydrogens is 342 g/mol. The molecule has 1 fully saturated rings. The second-order valence-corrected chi connectivity index (χ2v) is 7.78. The van der Waals surface area contributed by atoms with Crippen LogP contribution in [0.3, 0.4) is 0 Å². The molecule has 1 heterocycles. The van der Waals surface area contributed by atoms with E-state index in [4.69, 9.17) is 4.74 Å². The van der Waals surface area contributed by atoms with Crippen LogP contribution in [0.4, 0.5) is 0 Å². The Morgan fingerprint density at radius 2 is 2.15 bits per heavy atom. The van der Waals surface area contributed by atoms with Crippen molar-refractivity contribution >= 4 is 26.0 Å². The van der Waals surface area contributed by atoms with E-state index in [1.807, 2.05) is 13.0 Å². The molecule has 1 aromatic rings. The van der Waals surface area contributed by atoms with Gasteiger partial charge in [-0.1, -0.05) is 19.1 Å². The van der Waals surface area contributed by atoms with Gasteiger partial charge in [-0.05, 0) is 46.8 Å². The predicted octanol–water partition coefficient (Wildman–Crippen LogP) is 2.89. The Morgan fingerprint density at radius 3 is 2.75 bits per heavy atom. The molecule has 6 heteroatoms. The number of halogens is 1. The fraction of sp³-hybridized carbons (Fsp3) is 0.571. The van der Waals surface area contributed by atoms with Gasteiger partial charge in [0.25, 0.3) is 0 Å². The SMILES string of the molecule is CCCN(CC1CCOC1)S(=O)(=O)c1ccccc1Br. The van der Waals surface area contributed by atoms with Crippen LogP contribution >= 0.6 is 15.9 Å². The van der Waals surface area contributed by atoms with Gasteiger partial charge in [0.2, 0.25) is 10.0 Å². The number of hydrogen-bond donors (Lipinski definition) is 0. The van der Waals surface area contributed by atoms with Gasteiger partial charge < -0.3 is 4.74 Å². The molecule has 0 aromatic heterocycles. The van der Waals surface area contributed by atoms with E-state index in [9.17, 15) is 8.42 Å². The quantitative estimate of drug-likeness (QED) is 0.782. The van der Waals surface area contributed by atoms with Crippen molar-refractivity contribution in [3.05, 3.63) is 28.7 Å². The van der Waals surface area contributed by atoms with Crippen molar-refractivity contribution < 1.29 is 13.2 Å². The Balaban J connectivity index is 2.24. The Hall–Kier alpha value is -0.430. The fourth-order valence-corrected chi connectivity index (χ4v) is 4.94. The van der Waals surface area contributed by atoms with Crippen LogP contribution in [0.5, 0.6) is 0 Å². The minimum absolute atomic E-state index is 0.304. The van der Waals surface area contributed by atoms with Gasteiger partial charge in [0.05, 0.1) is 11.5 Å². The molecule has 1 aromatic carbocycles. The highest BCUT2D eigenvalue weighted by molar-refractivity contribution is 9.10. The predicted molar refractivity (Wildman–Crippen MR) is 82.1 cm³/mol. The van der Waals surface area contributed by atoms with Crippen LogP contribution < -0.4 is 0 Å². The summed E-state index contributed by atoms with van der Waals surface area (Å²) in [5.41, 5.74) is 0. The summed E-state index contributed by atoms with van der Waals surface area (Å²) < 4.78 is 33.1. The molecule has 1 unspecified atom stereocenters. The van der Waals surface area contributed by atoms with Crippen molar-refractivity contribution in [2.24, 2.45) is 5.92 Å². The van der Waals surface area contributed by atoms with E-state index < -0.39 is 10.0 Å². The molecule has 1 aliphatic rings. The zero-order chi connectivity index (χ0) is 14.6. The second kappa shape index (κ2) is 7.02. The zero-order valence-electron chi connectivity index (χ0n) is 11.6. The maximum Gasteiger partial charge on any atom is 0.244 e. The van der Waals surface area contributed by atoms with Gasteiger partial charge in [0.1, 0.15) is 0 Å². The lowest BCUT2D eigenvalue weighted by Crippen LogP contribution is -2.36. The first-order chi connectivity index (χ1) is 9.55. The molecule has 2 rings (SSSR count). The third-order valence-electron chi connectivity index (χ3n) is 3.41. The molecule has 0 amide bonds. The van der Waals surface area contributed by atoms with Crippen molar-refractivity contribution in [1.82, 2.24) is 4.31 Å². The van der Waals surface area contributed by atoms with Gasteiger partial charge in [-0.2, -0.15) is 4.31 Å². The number of sulfonamides is 1. The summed E-state index contributed by atoms with van der Waals surface area (Å²) in [4.78, 5) is 0.340. The van der Waals surface area contributed by atoms with Gasteiger partial charge in [0, 0.05) is 24.2 Å². The lowest BCUT2D eigenvalue weighted by molar-refractivity contribution is 0.180. The van der Waals surface area contributed by atoms with Crippen LogP contribution in [0.1, 0.15) is 19.8 Å². The lowest BCUT2D eigenvalue weighted by atomic mass is 10.1. The molecule has 0 saturated carbocycles. The summed E-state index contributed by atoms with van der Waals surface area (Å²) in [5.74, 6) is 0.304. The summed E-state index contributed by atoms with van der Waals surface area (Å²) in [6.45, 7) is 4.47. The lowest BCUT2D eigenvalue weighted by Gasteiger charge is -2.24. The summed E-state index contributed by atoms with van der Waals surface area (Å²) >= 11 is 3.33. The van der Waals surface area contributed by atoms with Gasteiger partial charge in [-0.25, -0.2) is 8.42 Å². The summed E-state index contributed by atoms with van der Waals surface area (Å²) in [6, 6.07) is 6.97. The van der Waals surface area contributed by atoms with Crippen molar-refractivity contribution in [3.63, 3.8) is 0 Å². The Bertz CT molecular complexity index is 541. The molecule has 1 aliphatic heterocycles. The summed E-state index contributed by atoms with van der Waals surface area (Å²) in [7, 11) is -3.45.